The maximum Gasteiger partial charge on any atom is 0.175 e. The number of benzene rings is 1. The lowest BCUT2D eigenvalue weighted by molar-refractivity contribution is 0.166. The summed E-state index contributed by atoms with van der Waals surface area (Å²) < 4.78 is 23.0. The Morgan fingerprint density at radius 3 is 2.70 bits per heavy atom. The Labute approximate surface area is 137 Å². The molecule has 5 nitrogen and oxygen atoms in total. The maximum atomic E-state index is 11.5. The normalized spacial score (nSPS) is 19.8. The van der Waals surface area contributed by atoms with Gasteiger partial charge in [0, 0.05) is 31.2 Å². The van der Waals surface area contributed by atoms with E-state index in [0.29, 0.717) is 10.8 Å². The predicted molar refractivity (Wildman–Crippen MR) is 89.8 cm³/mol. The highest BCUT2D eigenvalue weighted by molar-refractivity contribution is 7.90. The van der Waals surface area contributed by atoms with Crippen LogP contribution in [0.4, 0.5) is 0 Å². The molecule has 0 spiro atoms. The molecule has 0 aliphatic carbocycles. The van der Waals surface area contributed by atoms with Gasteiger partial charge in [0.1, 0.15) is 0 Å². The summed E-state index contributed by atoms with van der Waals surface area (Å²) >= 11 is 0. The third-order valence-corrected chi connectivity index (χ3v) is 5.56. The highest BCUT2D eigenvalue weighted by Crippen LogP contribution is 2.22. The van der Waals surface area contributed by atoms with Crippen molar-refractivity contribution < 1.29 is 8.42 Å². The molecule has 23 heavy (non-hydrogen) atoms. The van der Waals surface area contributed by atoms with E-state index < -0.39 is 9.84 Å². The molecule has 0 bridgehead atoms. The van der Waals surface area contributed by atoms with Crippen LogP contribution in [0.25, 0.3) is 0 Å². The zero-order valence-electron chi connectivity index (χ0n) is 13.4. The van der Waals surface area contributed by atoms with Gasteiger partial charge in [-0.05, 0) is 55.5 Å². The molecule has 1 saturated heterocycles. The molecule has 124 valence electrons. The second kappa shape index (κ2) is 6.84. The molecule has 0 saturated carbocycles. The zero-order valence-corrected chi connectivity index (χ0v) is 14.2. The van der Waals surface area contributed by atoms with Crippen molar-refractivity contribution in [3.05, 3.63) is 47.8 Å². The number of hydrogen-bond acceptors (Lipinski definition) is 4. The van der Waals surface area contributed by atoms with Gasteiger partial charge in [0.05, 0.1) is 4.90 Å². The Morgan fingerprint density at radius 1 is 1.26 bits per heavy atom. The summed E-state index contributed by atoms with van der Waals surface area (Å²) in [5, 5.41) is 7.06. The lowest BCUT2D eigenvalue weighted by atomic mass is 9.93. The van der Waals surface area contributed by atoms with E-state index in [-0.39, 0.29) is 0 Å². The van der Waals surface area contributed by atoms with Crippen LogP contribution in [0.3, 0.4) is 0 Å². The summed E-state index contributed by atoms with van der Waals surface area (Å²) in [6, 6.07) is 9.31. The van der Waals surface area contributed by atoms with E-state index in [2.05, 4.69) is 15.1 Å². The Morgan fingerprint density at radius 2 is 2.04 bits per heavy atom. The van der Waals surface area contributed by atoms with Crippen molar-refractivity contribution in [1.82, 2.24) is 15.1 Å². The number of likely N-dealkylation sites (tertiary alicyclic amines) is 1. The van der Waals surface area contributed by atoms with Crippen molar-refractivity contribution >= 4 is 9.84 Å². The fraction of sp³-hybridized carbons (Fsp3) is 0.471. The summed E-state index contributed by atoms with van der Waals surface area (Å²) in [5.41, 5.74) is 2.37. The lowest BCUT2D eigenvalue weighted by Crippen LogP contribution is -2.35. The number of piperidine rings is 1. The van der Waals surface area contributed by atoms with E-state index in [9.17, 15) is 8.42 Å². The van der Waals surface area contributed by atoms with Crippen LogP contribution in [0.2, 0.25) is 0 Å². The third-order valence-electron chi connectivity index (χ3n) is 4.43. The number of H-pyrrole nitrogens is 1. The van der Waals surface area contributed by atoms with Crippen LogP contribution in [-0.2, 0) is 22.8 Å². The standard InChI is InChI=1S/C17H23N3O2S/c1-23(21,22)17-6-4-14(5-7-17)12-20-10-2-3-15(13-20)11-16-8-9-18-19-16/h4-9,15H,2-3,10-13H2,1H3,(H,18,19)/t15-/m1/s1. The molecule has 1 aliphatic heterocycles. The number of aromatic nitrogens is 2. The fourth-order valence-corrected chi connectivity index (χ4v) is 3.90. The topological polar surface area (TPSA) is 66.1 Å². The molecule has 1 atom stereocenters. The molecule has 1 aromatic carbocycles. The van der Waals surface area contributed by atoms with Crippen molar-refractivity contribution in [1.29, 1.82) is 0 Å². The second-order valence-electron chi connectivity index (χ2n) is 6.45. The van der Waals surface area contributed by atoms with Crippen LogP contribution in [-0.4, -0.2) is 42.9 Å². The summed E-state index contributed by atoms with van der Waals surface area (Å²) in [6.07, 6.45) is 6.55. The van der Waals surface area contributed by atoms with E-state index in [1.807, 2.05) is 18.2 Å². The maximum absolute atomic E-state index is 11.5. The largest absolute Gasteiger partial charge is 0.299 e. The molecule has 0 amide bonds. The first-order valence-corrected chi connectivity index (χ1v) is 9.89. The zero-order chi connectivity index (χ0) is 16.3. The number of hydrogen-bond donors (Lipinski definition) is 1. The minimum Gasteiger partial charge on any atom is -0.299 e. The lowest BCUT2D eigenvalue weighted by Gasteiger charge is -2.32. The van der Waals surface area contributed by atoms with E-state index in [4.69, 9.17) is 0 Å². The first-order chi connectivity index (χ1) is 11.0. The second-order valence-corrected chi connectivity index (χ2v) is 8.46. The van der Waals surface area contributed by atoms with Crippen LogP contribution in [0.1, 0.15) is 24.1 Å². The van der Waals surface area contributed by atoms with Crippen LogP contribution >= 0.6 is 0 Å². The average Bonchev–Trinajstić information content (AvgIpc) is 3.00. The Balaban J connectivity index is 1.59. The highest BCUT2D eigenvalue weighted by Gasteiger charge is 2.20. The smallest absolute Gasteiger partial charge is 0.175 e. The van der Waals surface area contributed by atoms with Gasteiger partial charge in [-0.1, -0.05) is 12.1 Å². The Hall–Kier alpha value is -1.66. The molecule has 2 aromatic rings. The quantitative estimate of drug-likeness (QED) is 0.911. The van der Waals surface area contributed by atoms with E-state index in [0.717, 1.165) is 26.1 Å². The summed E-state index contributed by atoms with van der Waals surface area (Å²) in [7, 11) is -3.11. The number of aromatic amines is 1. The van der Waals surface area contributed by atoms with Crippen molar-refractivity contribution in [2.24, 2.45) is 5.92 Å². The van der Waals surface area contributed by atoms with Gasteiger partial charge < -0.3 is 0 Å². The molecule has 0 unspecified atom stereocenters. The number of nitrogens with one attached hydrogen (secondary N) is 1. The molecule has 1 aliphatic rings. The summed E-state index contributed by atoms with van der Waals surface area (Å²) in [6.45, 7) is 3.06. The molecule has 1 fully saturated rings. The van der Waals surface area contributed by atoms with Crippen LogP contribution in [0.15, 0.2) is 41.4 Å². The van der Waals surface area contributed by atoms with Crippen LogP contribution in [0, 0.1) is 5.92 Å². The van der Waals surface area contributed by atoms with Crippen molar-refractivity contribution in [3.63, 3.8) is 0 Å². The van der Waals surface area contributed by atoms with Crippen LogP contribution in [0.5, 0.6) is 0 Å². The first kappa shape index (κ1) is 16.2. The average molecular weight is 333 g/mol. The van der Waals surface area contributed by atoms with E-state index >= 15 is 0 Å². The van der Waals surface area contributed by atoms with E-state index in [1.165, 1.54) is 30.4 Å². The predicted octanol–water partition coefficient (Wildman–Crippen LogP) is 2.27. The molecule has 2 heterocycles. The Kier molecular flexibility index (Phi) is 4.82. The minimum absolute atomic E-state index is 0.386. The molecule has 0 radical (unpaired) electrons. The number of nitrogens with zero attached hydrogens (tertiary/aromatic N) is 2. The van der Waals surface area contributed by atoms with Gasteiger partial charge in [0.15, 0.2) is 9.84 Å². The van der Waals surface area contributed by atoms with Crippen molar-refractivity contribution in [2.45, 2.75) is 30.7 Å². The van der Waals surface area contributed by atoms with Gasteiger partial charge in [0.25, 0.3) is 0 Å². The van der Waals surface area contributed by atoms with Gasteiger partial charge in [-0.15, -0.1) is 0 Å². The summed E-state index contributed by atoms with van der Waals surface area (Å²) in [4.78, 5) is 2.84. The molecule has 3 rings (SSSR count). The van der Waals surface area contributed by atoms with Gasteiger partial charge in [-0.2, -0.15) is 5.10 Å². The monoisotopic (exact) mass is 333 g/mol. The Bertz CT molecular complexity index is 724. The van der Waals surface area contributed by atoms with Gasteiger partial charge in [-0.25, -0.2) is 8.42 Å². The molecular weight excluding hydrogens is 310 g/mol. The van der Waals surface area contributed by atoms with E-state index in [1.54, 1.807) is 18.3 Å². The van der Waals surface area contributed by atoms with Crippen molar-refractivity contribution in [2.75, 3.05) is 19.3 Å². The highest BCUT2D eigenvalue weighted by atomic mass is 32.2. The van der Waals surface area contributed by atoms with Gasteiger partial charge in [-0.3, -0.25) is 10.00 Å². The van der Waals surface area contributed by atoms with Gasteiger partial charge >= 0.3 is 0 Å². The third kappa shape index (κ3) is 4.42. The molecule has 1 N–H and O–H groups in total. The summed E-state index contributed by atoms with van der Waals surface area (Å²) in [5.74, 6) is 0.652. The fourth-order valence-electron chi connectivity index (χ4n) is 3.27. The molecule has 1 aromatic heterocycles. The number of rotatable bonds is 5. The van der Waals surface area contributed by atoms with Gasteiger partial charge in [0.2, 0.25) is 0 Å². The number of sulfone groups is 1. The minimum atomic E-state index is -3.11. The SMILES string of the molecule is CS(=O)(=O)c1ccc(CN2CCC[C@H](Cc3ccn[nH]3)C2)cc1. The molecule has 6 heteroatoms. The van der Waals surface area contributed by atoms with Crippen molar-refractivity contribution in [3.8, 4) is 0 Å². The van der Waals surface area contributed by atoms with Crippen LogP contribution < -0.4 is 0 Å². The first-order valence-electron chi connectivity index (χ1n) is 8.00. The molecular formula is C17H23N3O2S.